The molecule has 0 aliphatic rings. The van der Waals surface area contributed by atoms with Gasteiger partial charge in [0.1, 0.15) is 24.0 Å². The maximum Gasteiger partial charge on any atom is 0.124 e. The summed E-state index contributed by atoms with van der Waals surface area (Å²) in [4.78, 5) is 0. The lowest BCUT2D eigenvalue weighted by molar-refractivity contribution is 0.300. The molecular weight excluding hydrogens is 328 g/mol. The van der Waals surface area contributed by atoms with Gasteiger partial charge in [0.25, 0.3) is 0 Å². The second-order valence-corrected chi connectivity index (χ2v) is 5.45. The van der Waals surface area contributed by atoms with Crippen LogP contribution in [0, 0.1) is 11.6 Å². The van der Waals surface area contributed by atoms with Crippen molar-refractivity contribution in [2.24, 2.45) is 5.73 Å². The third-order valence-corrected chi connectivity index (χ3v) is 3.24. The summed E-state index contributed by atoms with van der Waals surface area (Å²) in [6.45, 7) is 1.93. The molecule has 2 nitrogen and oxygen atoms in total. The van der Waals surface area contributed by atoms with Crippen LogP contribution in [0.15, 0.2) is 40.9 Å². The third-order valence-electron chi connectivity index (χ3n) is 2.78. The first-order valence-corrected chi connectivity index (χ1v) is 6.88. The Hall–Kier alpha value is -1.46. The van der Waals surface area contributed by atoms with Crippen LogP contribution in [0.4, 0.5) is 8.78 Å². The average molecular weight is 342 g/mol. The largest absolute Gasteiger partial charge is 0.489 e. The van der Waals surface area contributed by atoms with Crippen LogP contribution in [-0.2, 0) is 6.61 Å². The fourth-order valence-electron chi connectivity index (χ4n) is 1.86. The molecule has 2 N–H and O–H groups in total. The van der Waals surface area contributed by atoms with E-state index < -0.39 is 0 Å². The van der Waals surface area contributed by atoms with E-state index in [1.807, 2.05) is 0 Å². The van der Waals surface area contributed by atoms with E-state index in [1.54, 1.807) is 13.0 Å². The normalized spacial score (nSPS) is 12.2. The van der Waals surface area contributed by atoms with Gasteiger partial charge in [0, 0.05) is 16.1 Å². The molecule has 1 atom stereocenters. The highest BCUT2D eigenvalue weighted by molar-refractivity contribution is 9.10. The Morgan fingerprint density at radius 2 is 1.90 bits per heavy atom. The van der Waals surface area contributed by atoms with Crippen molar-refractivity contribution < 1.29 is 13.5 Å². The van der Waals surface area contributed by atoms with E-state index in [0.29, 0.717) is 21.3 Å². The second-order valence-electron chi connectivity index (χ2n) is 4.54. The van der Waals surface area contributed by atoms with Gasteiger partial charge in [-0.1, -0.05) is 15.9 Å². The number of hydrogen-bond donors (Lipinski definition) is 1. The van der Waals surface area contributed by atoms with Crippen LogP contribution in [0.1, 0.15) is 24.1 Å². The predicted octanol–water partition coefficient (Wildman–Crippen LogP) is 4.33. The first-order chi connectivity index (χ1) is 9.45. The standard InChI is InChI=1S/C15H14BrF2NO/c1-9(19)14-7-12(17)2-3-15(14)20-8-10-4-11(16)6-13(18)5-10/h2-7,9H,8,19H2,1H3. The molecule has 0 aromatic heterocycles. The first-order valence-electron chi connectivity index (χ1n) is 6.08. The zero-order chi connectivity index (χ0) is 14.7. The van der Waals surface area contributed by atoms with E-state index in [0.717, 1.165) is 0 Å². The van der Waals surface area contributed by atoms with Crippen molar-refractivity contribution >= 4 is 15.9 Å². The maximum atomic E-state index is 13.3. The second kappa shape index (κ2) is 6.33. The molecule has 20 heavy (non-hydrogen) atoms. The quantitative estimate of drug-likeness (QED) is 0.898. The lowest BCUT2D eigenvalue weighted by atomic mass is 10.1. The van der Waals surface area contributed by atoms with Crippen LogP contribution in [0.3, 0.4) is 0 Å². The minimum Gasteiger partial charge on any atom is -0.489 e. The molecule has 1 unspecified atom stereocenters. The Bertz CT molecular complexity index is 597. The van der Waals surface area contributed by atoms with Gasteiger partial charge in [-0.15, -0.1) is 0 Å². The molecule has 0 bridgehead atoms. The summed E-state index contributed by atoms with van der Waals surface area (Å²) in [6.07, 6.45) is 0. The monoisotopic (exact) mass is 341 g/mol. The van der Waals surface area contributed by atoms with E-state index in [1.165, 1.54) is 30.3 Å². The van der Waals surface area contributed by atoms with Crippen LogP contribution in [0.2, 0.25) is 0 Å². The fraction of sp³-hybridized carbons (Fsp3) is 0.200. The summed E-state index contributed by atoms with van der Waals surface area (Å²) in [5.41, 5.74) is 7.05. The van der Waals surface area contributed by atoms with E-state index in [4.69, 9.17) is 10.5 Å². The van der Waals surface area contributed by atoms with Gasteiger partial charge >= 0.3 is 0 Å². The highest BCUT2D eigenvalue weighted by Crippen LogP contribution is 2.26. The van der Waals surface area contributed by atoms with Crippen LogP contribution >= 0.6 is 15.9 Å². The van der Waals surface area contributed by atoms with Gasteiger partial charge in [-0.2, -0.15) is 0 Å². The SMILES string of the molecule is CC(N)c1cc(F)ccc1OCc1cc(F)cc(Br)c1. The highest BCUT2D eigenvalue weighted by atomic mass is 79.9. The molecule has 106 valence electrons. The smallest absolute Gasteiger partial charge is 0.124 e. The van der Waals surface area contributed by atoms with Gasteiger partial charge in [-0.25, -0.2) is 8.78 Å². The Balaban J connectivity index is 2.18. The van der Waals surface area contributed by atoms with Crippen molar-refractivity contribution in [2.45, 2.75) is 19.6 Å². The van der Waals surface area contributed by atoms with Gasteiger partial charge in [0.05, 0.1) is 0 Å². The van der Waals surface area contributed by atoms with Crippen molar-refractivity contribution in [1.29, 1.82) is 0 Å². The summed E-state index contributed by atoms with van der Waals surface area (Å²) < 4.78 is 32.7. The van der Waals surface area contributed by atoms with Crippen LogP contribution in [0.5, 0.6) is 5.75 Å². The number of hydrogen-bond acceptors (Lipinski definition) is 2. The predicted molar refractivity (Wildman–Crippen MR) is 77.4 cm³/mol. The molecule has 0 heterocycles. The highest BCUT2D eigenvalue weighted by Gasteiger charge is 2.10. The topological polar surface area (TPSA) is 35.2 Å². The summed E-state index contributed by atoms with van der Waals surface area (Å²) in [6, 6.07) is 8.36. The zero-order valence-corrected chi connectivity index (χ0v) is 12.5. The van der Waals surface area contributed by atoms with Crippen molar-refractivity contribution in [3.63, 3.8) is 0 Å². The molecule has 5 heteroatoms. The van der Waals surface area contributed by atoms with Gasteiger partial charge < -0.3 is 10.5 Å². The summed E-state index contributed by atoms with van der Waals surface area (Å²) in [7, 11) is 0. The number of benzene rings is 2. The van der Waals surface area contributed by atoms with Crippen molar-refractivity contribution in [1.82, 2.24) is 0 Å². The van der Waals surface area contributed by atoms with Crippen molar-refractivity contribution in [2.75, 3.05) is 0 Å². The molecule has 0 fully saturated rings. The first kappa shape index (κ1) is 14.9. The zero-order valence-electron chi connectivity index (χ0n) is 10.9. The molecule has 0 saturated carbocycles. The Morgan fingerprint density at radius 3 is 2.55 bits per heavy atom. The molecule has 0 radical (unpaired) electrons. The average Bonchev–Trinajstić information content (AvgIpc) is 2.36. The number of ether oxygens (including phenoxy) is 1. The molecule has 2 rings (SSSR count). The molecule has 0 saturated heterocycles. The van der Waals surface area contributed by atoms with Gasteiger partial charge in [0.15, 0.2) is 0 Å². The lowest BCUT2D eigenvalue weighted by Gasteiger charge is -2.14. The number of rotatable bonds is 4. The van der Waals surface area contributed by atoms with Crippen LogP contribution in [0.25, 0.3) is 0 Å². The van der Waals surface area contributed by atoms with Gasteiger partial charge in [0.2, 0.25) is 0 Å². The fourth-order valence-corrected chi connectivity index (χ4v) is 2.37. The van der Waals surface area contributed by atoms with Crippen molar-refractivity contribution in [3.05, 3.63) is 63.6 Å². The minimum atomic E-state index is -0.363. The lowest BCUT2D eigenvalue weighted by Crippen LogP contribution is -2.08. The summed E-state index contributed by atoms with van der Waals surface area (Å²) >= 11 is 3.22. The van der Waals surface area contributed by atoms with E-state index in [9.17, 15) is 8.78 Å². The minimum absolute atomic E-state index is 0.182. The Labute approximate surface area is 124 Å². The van der Waals surface area contributed by atoms with E-state index in [2.05, 4.69) is 15.9 Å². The molecule has 0 aliphatic heterocycles. The molecular formula is C15H14BrF2NO. The molecule has 2 aromatic carbocycles. The third kappa shape index (κ3) is 3.77. The van der Waals surface area contributed by atoms with Gasteiger partial charge in [-0.05, 0) is 48.9 Å². The molecule has 0 spiro atoms. The number of halogens is 3. The summed E-state index contributed by atoms with van der Waals surface area (Å²) in [5, 5.41) is 0. The molecule has 2 aromatic rings. The number of nitrogens with two attached hydrogens (primary N) is 1. The van der Waals surface area contributed by atoms with E-state index in [-0.39, 0.29) is 24.3 Å². The van der Waals surface area contributed by atoms with E-state index >= 15 is 0 Å². The summed E-state index contributed by atoms with van der Waals surface area (Å²) in [5.74, 6) is -0.204. The van der Waals surface area contributed by atoms with Crippen LogP contribution in [-0.4, -0.2) is 0 Å². The molecule has 0 amide bonds. The Kier molecular flexibility index (Phi) is 4.73. The van der Waals surface area contributed by atoms with Gasteiger partial charge in [-0.3, -0.25) is 0 Å². The van der Waals surface area contributed by atoms with Crippen LogP contribution < -0.4 is 10.5 Å². The molecule has 0 aliphatic carbocycles. The maximum absolute atomic E-state index is 13.3. The Morgan fingerprint density at radius 1 is 1.15 bits per heavy atom. The van der Waals surface area contributed by atoms with Crippen molar-refractivity contribution in [3.8, 4) is 5.75 Å².